The number of benzene rings is 1. The Labute approximate surface area is 143 Å². The first-order chi connectivity index (χ1) is 11.7. The van der Waals surface area contributed by atoms with Crippen molar-refractivity contribution in [1.29, 1.82) is 0 Å². The first-order valence-electron chi connectivity index (χ1n) is 8.66. The third-order valence-corrected chi connectivity index (χ3v) is 3.96. The van der Waals surface area contributed by atoms with E-state index < -0.39 is 12.0 Å². The smallest absolute Gasteiger partial charge is 0.338 e. The van der Waals surface area contributed by atoms with Gasteiger partial charge in [0.2, 0.25) is 0 Å². The summed E-state index contributed by atoms with van der Waals surface area (Å²) in [6, 6.07) is 9.27. The molecular weight excluding hydrogens is 304 g/mol. The summed E-state index contributed by atoms with van der Waals surface area (Å²) < 4.78 is 5.25. The largest absolute Gasteiger partial charge is 0.463 e. The van der Waals surface area contributed by atoms with E-state index in [1.165, 1.54) is 0 Å². The van der Waals surface area contributed by atoms with Gasteiger partial charge in [0.1, 0.15) is 5.70 Å². The molecule has 5 heteroatoms. The van der Waals surface area contributed by atoms with Crippen molar-refractivity contribution in [3.63, 3.8) is 0 Å². The van der Waals surface area contributed by atoms with Gasteiger partial charge in [-0.25, -0.2) is 4.79 Å². The molecule has 2 rings (SSSR count). The van der Waals surface area contributed by atoms with Crippen LogP contribution in [0.15, 0.2) is 41.6 Å². The van der Waals surface area contributed by atoms with Crippen molar-refractivity contribution in [2.24, 2.45) is 0 Å². The molecule has 1 aliphatic rings. The van der Waals surface area contributed by atoms with Gasteiger partial charge in [-0.05, 0) is 25.3 Å². The van der Waals surface area contributed by atoms with Crippen LogP contribution in [-0.2, 0) is 14.3 Å². The maximum absolute atomic E-state index is 12.9. The van der Waals surface area contributed by atoms with Crippen molar-refractivity contribution >= 4 is 11.9 Å². The Balaban J connectivity index is 2.52. The van der Waals surface area contributed by atoms with Gasteiger partial charge in [-0.3, -0.25) is 4.79 Å². The zero-order chi connectivity index (χ0) is 17.5. The molecular formula is C19H26N2O3. The molecule has 1 aromatic rings. The summed E-state index contributed by atoms with van der Waals surface area (Å²) in [6.45, 7) is 7.35. The van der Waals surface area contributed by atoms with Crippen LogP contribution in [0, 0.1) is 0 Å². The maximum Gasteiger partial charge on any atom is 0.338 e. The Morgan fingerprint density at radius 2 is 1.88 bits per heavy atom. The number of nitrogens with zero attached hydrogens (tertiary/aromatic N) is 1. The van der Waals surface area contributed by atoms with Crippen LogP contribution >= 0.6 is 0 Å². The molecule has 1 N–H and O–H groups in total. The standard InChI is InChI=1S/C19H26N2O3/c1-4-12-20-16-15(19(23)24-6-3)17(14-10-8-7-9-11-14)21(13-5-2)18(16)22/h7-11,17,20H,4-6,12-13H2,1-3H3. The van der Waals surface area contributed by atoms with Crippen molar-refractivity contribution in [1.82, 2.24) is 10.2 Å². The predicted octanol–water partition coefficient (Wildman–Crippen LogP) is 2.80. The molecule has 0 spiro atoms. The molecule has 0 fully saturated rings. The topological polar surface area (TPSA) is 58.6 Å². The van der Waals surface area contributed by atoms with E-state index in [1.54, 1.807) is 11.8 Å². The summed E-state index contributed by atoms with van der Waals surface area (Å²) in [7, 11) is 0. The molecule has 1 amide bonds. The Morgan fingerprint density at radius 3 is 2.46 bits per heavy atom. The zero-order valence-corrected chi connectivity index (χ0v) is 14.7. The Bertz CT molecular complexity index is 610. The molecule has 0 bridgehead atoms. The lowest BCUT2D eigenvalue weighted by Crippen LogP contribution is -2.33. The molecule has 0 radical (unpaired) electrons. The van der Waals surface area contributed by atoms with Gasteiger partial charge in [0, 0.05) is 13.1 Å². The summed E-state index contributed by atoms with van der Waals surface area (Å²) in [4.78, 5) is 27.3. The lowest BCUT2D eigenvalue weighted by molar-refractivity contribution is -0.139. The van der Waals surface area contributed by atoms with Gasteiger partial charge in [0.15, 0.2) is 0 Å². The number of rotatable bonds is 8. The number of amides is 1. The highest BCUT2D eigenvalue weighted by Gasteiger charge is 2.43. The summed E-state index contributed by atoms with van der Waals surface area (Å²) in [5.74, 6) is -0.542. The van der Waals surface area contributed by atoms with Gasteiger partial charge >= 0.3 is 5.97 Å². The second-order valence-electron chi connectivity index (χ2n) is 5.75. The van der Waals surface area contributed by atoms with Crippen LogP contribution in [0.2, 0.25) is 0 Å². The molecule has 1 aromatic carbocycles. The van der Waals surface area contributed by atoms with Crippen LogP contribution in [0.1, 0.15) is 45.2 Å². The van der Waals surface area contributed by atoms with E-state index in [1.807, 2.05) is 44.2 Å². The minimum Gasteiger partial charge on any atom is -0.463 e. The molecule has 1 aliphatic heterocycles. The lowest BCUT2D eigenvalue weighted by Gasteiger charge is -2.26. The SMILES string of the molecule is CCCNC1=C(C(=O)OCC)C(c2ccccc2)N(CCC)C1=O. The quantitative estimate of drug-likeness (QED) is 0.745. The predicted molar refractivity (Wildman–Crippen MR) is 93.1 cm³/mol. The number of hydrogen-bond acceptors (Lipinski definition) is 4. The number of carbonyl (C=O) groups is 2. The van der Waals surface area contributed by atoms with E-state index in [0.717, 1.165) is 18.4 Å². The monoisotopic (exact) mass is 330 g/mol. The van der Waals surface area contributed by atoms with E-state index in [-0.39, 0.29) is 12.5 Å². The van der Waals surface area contributed by atoms with Gasteiger partial charge in [-0.15, -0.1) is 0 Å². The third-order valence-electron chi connectivity index (χ3n) is 3.96. The molecule has 1 heterocycles. The average molecular weight is 330 g/mol. The fourth-order valence-corrected chi connectivity index (χ4v) is 2.97. The highest BCUT2D eigenvalue weighted by molar-refractivity contribution is 6.07. The molecule has 0 saturated heterocycles. The third kappa shape index (κ3) is 3.61. The zero-order valence-electron chi connectivity index (χ0n) is 14.7. The lowest BCUT2D eigenvalue weighted by atomic mass is 9.99. The van der Waals surface area contributed by atoms with E-state index in [0.29, 0.717) is 24.4 Å². The van der Waals surface area contributed by atoms with E-state index in [9.17, 15) is 9.59 Å². The first kappa shape index (κ1) is 18.0. The number of ether oxygens (including phenoxy) is 1. The minimum absolute atomic E-state index is 0.123. The molecule has 0 saturated carbocycles. The average Bonchev–Trinajstić information content (AvgIpc) is 2.87. The van der Waals surface area contributed by atoms with Gasteiger partial charge in [0.05, 0.1) is 18.2 Å². The molecule has 1 unspecified atom stereocenters. The van der Waals surface area contributed by atoms with Crippen molar-refractivity contribution in [3.8, 4) is 0 Å². The molecule has 0 aliphatic carbocycles. The van der Waals surface area contributed by atoms with E-state index in [4.69, 9.17) is 4.74 Å². The van der Waals surface area contributed by atoms with Crippen LogP contribution in [-0.4, -0.2) is 36.5 Å². The van der Waals surface area contributed by atoms with Gasteiger partial charge < -0.3 is 15.0 Å². The Kier molecular flexibility index (Phi) is 6.41. The summed E-state index contributed by atoms with van der Waals surface area (Å²) in [5.41, 5.74) is 1.74. The summed E-state index contributed by atoms with van der Waals surface area (Å²) in [6.07, 6.45) is 1.70. The second kappa shape index (κ2) is 8.52. The summed E-state index contributed by atoms with van der Waals surface area (Å²) >= 11 is 0. The van der Waals surface area contributed by atoms with E-state index >= 15 is 0 Å². The van der Waals surface area contributed by atoms with Crippen LogP contribution < -0.4 is 5.32 Å². The van der Waals surface area contributed by atoms with E-state index in [2.05, 4.69) is 5.32 Å². The van der Waals surface area contributed by atoms with Crippen molar-refractivity contribution in [2.45, 2.75) is 39.7 Å². The minimum atomic E-state index is -0.420. The van der Waals surface area contributed by atoms with Crippen LogP contribution in [0.25, 0.3) is 0 Å². The Morgan fingerprint density at radius 1 is 1.17 bits per heavy atom. The molecule has 0 aromatic heterocycles. The molecule has 1 atom stereocenters. The second-order valence-corrected chi connectivity index (χ2v) is 5.75. The van der Waals surface area contributed by atoms with Crippen molar-refractivity contribution in [3.05, 3.63) is 47.2 Å². The number of esters is 1. The fourth-order valence-electron chi connectivity index (χ4n) is 2.97. The highest BCUT2D eigenvalue weighted by atomic mass is 16.5. The number of nitrogens with one attached hydrogen (secondary N) is 1. The number of hydrogen-bond donors (Lipinski definition) is 1. The van der Waals surface area contributed by atoms with Crippen molar-refractivity contribution in [2.75, 3.05) is 19.7 Å². The van der Waals surface area contributed by atoms with Crippen LogP contribution in [0.3, 0.4) is 0 Å². The number of carbonyl (C=O) groups excluding carboxylic acids is 2. The van der Waals surface area contributed by atoms with Crippen LogP contribution in [0.5, 0.6) is 0 Å². The molecule has 130 valence electrons. The van der Waals surface area contributed by atoms with Crippen molar-refractivity contribution < 1.29 is 14.3 Å². The molecule has 5 nitrogen and oxygen atoms in total. The van der Waals surface area contributed by atoms with Gasteiger partial charge in [0.25, 0.3) is 5.91 Å². The molecule has 24 heavy (non-hydrogen) atoms. The van der Waals surface area contributed by atoms with Gasteiger partial charge in [-0.1, -0.05) is 44.2 Å². The fraction of sp³-hybridized carbons (Fsp3) is 0.474. The highest BCUT2D eigenvalue weighted by Crippen LogP contribution is 2.37. The normalized spacial score (nSPS) is 17.4. The van der Waals surface area contributed by atoms with Gasteiger partial charge in [-0.2, -0.15) is 0 Å². The summed E-state index contributed by atoms with van der Waals surface area (Å²) in [5, 5.41) is 3.15. The maximum atomic E-state index is 12.9. The first-order valence-corrected chi connectivity index (χ1v) is 8.66. The van der Waals surface area contributed by atoms with Crippen LogP contribution in [0.4, 0.5) is 0 Å². The Hall–Kier alpha value is -2.30.